The lowest BCUT2D eigenvalue weighted by atomic mass is 10.1. The number of para-hydroxylation sites is 1. The Morgan fingerprint density at radius 2 is 1.76 bits per heavy atom. The first-order chi connectivity index (χ1) is 15.9. The molecule has 0 spiro atoms. The number of nitrogens with zero attached hydrogens (tertiary/aromatic N) is 3. The summed E-state index contributed by atoms with van der Waals surface area (Å²) >= 11 is 5.82. The molecule has 4 rings (SSSR count). The summed E-state index contributed by atoms with van der Waals surface area (Å²) in [7, 11) is 0. The van der Waals surface area contributed by atoms with E-state index in [4.69, 9.17) is 11.6 Å². The second-order valence-electron chi connectivity index (χ2n) is 7.47. The molecule has 1 aliphatic heterocycles. The van der Waals surface area contributed by atoms with Crippen molar-refractivity contribution in [3.63, 3.8) is 0 Å². The Bertz CT molecular complexity index is 1210. The van der Waals surface area contributed by atoms with Crippen LogP contribution in [0.15, 0.2) is 60.8 Å². The fourth-order valence-electron chi connectivity index (χ4n) is 3.65. The zero-order valence-electron chi connectivity index (χ0n) is 17.5. The van der Waals surface area contributed by atoms with Crippen LogP contribution in [0.3, 0.4) is 0 Å². The van der Waals surface area contributed by atoms with Crippen molar-refractivity contribution in [2.24, 2.45) is 0 Å². The number of halogens is 1. The van der Waals surface area contributed by atoms with E-state index in [-0.39, 0.29) is 22.5 Å². The summed E-state index contributed by atoms with van der Waals surface area (Å²) in [5, 5.41) is 17.4. The van der Waals surface area contributed by atoms with Crippen molar-refractivity contribution in [3.05, 3.63) is 87.1 Å². The van der Waals surface area contributed by atoms with Gasteiger partial charge in [0.2, 0.25) is 0 Å². The van der Waals surface area contributed by atoms with Gasteiger partial charge in [0.15, 0.2) is 0 Å². The molecular formula is C23H20ClN5O4. The van der Waals surface area contributed by atoms with Crippen LogP contribution in [0.2, 0.25) is 5.02 Å². The smallest absolute Gasteiger partial charge is 0.293 e. The molecule has 1 fully saturated rings. The van der Waals surface area contributed by atoms with E-state index in [0.717, 1.165) is 25.9 Å². The minimum atomic E-state index is -0.559. The summed E-state index contributed by atoms with van der Waals surface area (Å²) in [5.74, 6) is -0.731. The maximum Gasteiger partial charge on any atom is 0.293 e. The van der Waals surface area contributed by atoms with Crippen LogP contribution < -0.4 is 15.5 Å². The van der Waals surface area contributed by atoms with Gasteiger partial charge in [-0.3, -0.25) is 19.7 Å². The van der Waals surface area contributed by atoms with Gasteiger partial charge in [-0.2, -0.15) is 0 Å². The van der Waals surface area contributed by atoms with E-state index >= 15 is 0 Å². The number of rotatable bonds is 6. The number of hydrogen-bond donors (Lipinski definition) is 2. The zero-order valence-corrected chi connectivity index (χ0v) is 18.2. The highest BCUT2D eigenvalue weighted by atomic mass is 35.5. The van der Waals surface area contributed by atoms with E-state index < -0.39 is 16.7 Å². The molecule has 0 aliphatic carbocycles. The van der Waals surface area contributed by atoms with E-state index in [0.29, 0.717) is 16.5 Å². The number of benzene rings is 2. The third-order valence-corrected chi connectivity index (χ3v) is 5.49. The molecule has 33 heavy (non-hydrogen) atoms. The summed E-state index contributed by atoms with van der Waals surface area (Å²) < 4.78 is 0. The Morgan fingerprint density at radius 3 is 2.45 bits per heavy atom. The molecule has 0 saturated carbocycles. The van der Waals surface area contributed by atoms with Gasteiger partial charge in [0.1, 0.15) is 11.5 Å². The Hall–Kier alpha value is -3.98. The van der Waals surface area contributed by atoms with Gasteiger partial charge in [0.05, 0.1) is 21.2 Å². The van der Waals surface area contributed by atoms with Crippen molar-refractivity contribution >= 4 is 46.3 Å². The fraction of sp³-hybridized carbons (Fsp3) is 0.174. The van der Waals surface area contributed by atoms with E-state index in [1.54, 1.807) is 48.5 Å². The van der Waals surface area contributed by atoms with Gasteiger partial charge in [0.25, 0.3) is 17.5 Å². The molecule has 1 aromatic heterocycles. The van der Waals surface area contributed by atoms with E-state index in [9.17, 15) is 19.7 Å². The predicted molar refractivity (Wildman–Crippen MR) is 126 cm³/mol. The Balaban J connectivity index is 1.55. The van der Waals surface area contributed by atoms with Crippen LogP contribution in [0.1, 0.15) is 33.6 Å². The molecule has 2 amide bonds. The molecule has 2 aromatic carbocycles. The molecular weight excluding hydrogens is 446 g/mol. The Labute approximate surface area is 194 Å². The van der Waals surface area contributed by atoms with Gasteiger partial charge in [-0.05, 0) is 49.2 Å². The van der Waals surface area contributed by atoms with Crippen LogP contribution in [0, 0.1) is 10.1 Å². The lowest BCUT2D eigenvalue weighted by Crippen LogP contribution is -2.20. The number of anilines is 3. The number of aromatic nitrogens is 1. The van der Waals surface area contributed by atoms with Crippen molar-refractivity contribution in [3.8, 4) is 0 Å². The molecule has 1 saturated heterocycles. The quantitative estimate of drug-likeness (QED) is 0.400. The molecule has 1 aliphatic rings. The maximum absolute atomic E-state index is 12.9. The van der Waals surface area contributed by atoms with Crippen LogP contribution in [-0.4, -0.2) is 34.8 Å². The van der Waals surface area contributed by atoms with Gasteiger partial charge in [0, 0.05) is 30.9 Å². The molecule has 10 heteroatoms. The third-order valence-electron chi connectivity index (χ3n) is 5.27. The molecule has 2 N–H and O–H groups in total. The van der Waals surface area contributed by atoms with Crippen LogP contribution in [0.4, 0.5) is 22.9 Å². The highest BCUT2D eigenvalue weighted by Gasteiger charge is 2.24. The normalized spacial score (nSPS) is 12.9. The van der Waals surface area contributed by atoms with Gasteiger partial charge >= 0.3 is 0 Å². The predicted octanol–water partition coefficient (Wildman–Crippen LogP) is 4.75. The summed E-state index contributed by atoms with van der Waals surface area (Å²) in [6, 6.07) is 14.0. The minimum absolute atomic E-state index is 0.121. The SMILES string of the molecule is O=C(Nc1ccccc1C(=O)Nc1ccc(Cl)cn1)c1ccc(N2CCCC2)c([N+](=O)[O-])c1. The van der Waals surface area contributed by atoms with E-state index in [1.165, 1.54) is 12.3 Å². The monoisotopic (exact) mass is 465 g/mol. The molecule has 0 radical (unpaired) electrons. The van der Waals surface area contributed by atoms with Crippen molar-refractivity contribution in [2.45, 2.75) is 12.8 Å². The number of pyridine rings is 1. The first kappa shape index (κ1) is 22.2. The minimum Gasteiger partial charge on any atom is -0.366 e. The number of nitro groups is 1. The molecule has 168 valence electrons. The second-order valence-corrected chi connectivity index (χ2v) is 7.91. The largest absolute Gasteiger partial charge is 0.366 e. The van der Waals surface area contributed by atoms with E-state index in [1.807, 2.05) is 4.90 Å². The maximum atomic E-state index is 12.9. The summed E-state index contributed by atoms with van der Waals surface area (Å²) in [6.07, 6.45) is 3.36. The number of carbonyl (C=O) groups is 2. The molecule has 2 heterocycles. The van der Waals surface area contributed by atoms with Crippen LogP contribution in [0.25, 0.3) is 0 Å². The highest BCUT2D eigenvalue weighted by molar-refractivity contribution is 6.30. The number of carbonyl (C=O) groups excluding carboxylic acids is 2. The number of amides is 2. The zero-order chi connectivity index (χ0) is 23.4. The lowest BCUT2D eigenvalue weighted by molar-refractivity contribution is -0.384. The second kappa shape index (κ2) is 9.66. The molecule has 0 bridgehead atoms. The number of nitro benzene ring substituents is 1. The van der Waals surface area contributed by atoms with Crippen LogP contribution >= 0.6 is 11.6 Å². The van der Waals surface area contributed by atoms with Gasteiger partial charge in [-0.15, -0.1) is 0 Å². The number of hydrogen-bond acceptors (Lipinski definition) is 6. The Morgan fingerprint density at radius 1 is 1.00 bits per heavy atom. The first-order valence-electron chi connectivity index (χ1n) is 10.3. The Kier molecular flexibility index (Phi) is 6.50. The average molecular weight is 466 g/mol. The van der Waals surface area contributed by atoms with Crippen molar-refractivity contribution in [1.29, 1.82) is 0 Å². The van der Waals surface area contributed by atoms with Crippen LogP contribution in [0.5, 0.6) is 0 Å². The fourth-order valence-corrected chi connectivity index (χ4v) is 3.77. The standard InChI is InChI=1S/C23H20ClN5O4/c24-16-8-10-21(25-14-16)27-23(31)17-5-1-2-6-18(17)26-22(30)15-7-9-19(20(13-15)29(32)33)28-11-3-4-12-28/h1-2,5-10,13-14H,3-4,11-12H2,(H,26,30)(H,25,27,31). The van der Waals surface area contributed by atoms with Gasteiger partial charge < -0.3 is 15.5 Å². The first-order valence-corrected chi connectivity index (χ1v) is 10.7. The highest BCUT2D eigenvalue weighted by Crippen LogP contribution is 2.32. The molecule has 0 unspecified atom stereocenters. The van der Waals surface area contributed by atoms with Crippen LogP contribution in [-0.2, 0) is 0 Å². The molecule has 0 atom stereocenters. The summed E-state index contributed by atoms with van der Waals surface area (Å²) in [5.41, 5.74) is 0.985. The summed E-state index contributed by atoms with van der Waals surface area (Å²) in [6.45, 7) is 1.49. The lowest BCUT2D eigenvalue weighted by Gasteiger charge is -2.18. The van der Waals surface area contributed by atoms with Gasteiger partial charge in [-0.1, -0.05) is 23.7 Å². The van der Waals surface area contributed by atoms with Crippen molar-refractivity contribution in [1.82, 2.24) is 4.98 Å². The average Bonchev–Trinajstić information content (AvgIpc) is 3.35. The third kappa shape index (κ3) is 5.09. The topological polar surface area (TPSA) is 117 Å². The van der Waals surface area contributed by atoms with Gasteiger partial charge in [-0.25, -0.2) is 4.98 Å². The molecule has 9 nitrogen and oxygen atoms in total. The summed E-state index contributed by atoms with van der Waals surface area (Å²) in [4.78, 5) is 42.8. The molecule has 3 aromatic rings. The van der Waals surface area contributed by atoms with Crippen molar-refractivity contribution in [2.75, 3.05) is 28.6 Å². The van der Waals surface area contributed by atoms with E-state index in [2.05, 4.69) is 15.6 Å². The number of nitrogens with one attached hydrogen (secondary N) is 2. The van der Waals surface area contributed by atoms with Crippen molar-refractivity contribution < 1.29 is 14.5 Å².